The quantitative estimate of drug-likeness (QED) is 0.342. The summed E-state index contributed by atoms with van der Waals surface area (Å²) in [5, 5.41) is 11.7. The van der Waals surface area contributed by atoms with Crippen LogP contribution < -0.4 is 25.4 Å². The number of nitrogens with one attached hydrogen (secondary N) is 3. The van der Waals surface area contributed by atoms with Gasteiger partial charge in [-0.3, -0.25) is 9.79 Å². The minimum absolute atomic E-state index is 0.156. The van der Waals surface area contributed by atoms with Gasteiger partial charge in [-0.1, -0.05) is 6.07 Å². The second-order valence-electron chi connectivity index (χ2n) is 7.39. The molecule has 30 heavy (non-hydrogen) atoms. The van der Waals surface area contributed by atoms with Crippen LogP contribution in [0.3, 0.4) is 0 Å². The van der Waals surface area contributed by atoms with Gasteiger partial charge in [-0.2, -0.15) is 0 Å². The van der Waals surface area contributed by atoms with Crippen LogP contribution in [0.15, 0.2) is 40.7 Å². The van der Waals surface area contributed by atoms with Crippen molar-refractivity contribution in [2.24, 2.45) is 10.9 Å². The monoisotopic (exact) mass is 428 g/mol. The molecule has 7 nitrogen and oxygen atoms in total. The number of carbonyl (C=O) groups excluding carboxylic acids is 1. The first-order valence-electron chi connectivity index (χ1n) is 10.5. The lowest BCUT2D eigenvalue weighted by atomic mass is 10.2. The highest BCUT2D eigenvalue weighted by molar-refractivity contribution is 7.09. The van der Waals surface area contributed by atoms with Crippen LogP contribution in [0.2, 0.25) is 0 Å². The van der Waals surface area contributed by atoms with Crippen molar-refractivity contribution in [2.75, 3.05) is 38.2 Å². The number of benzene rings is 1. The lowest BCUT2D eigenvalue weighted by Crippen LogP contribution is -2.38. The van der Waals surface area contributed by atoms with Crippen LogP contribution >= 0.6 is 11.3 Å². The van der Waals surface area contributed by atoms with E-state index in [9.17, 15) is 4.79 Å². The number of carbonyl (C=O) groups is 1. The molecule has 0 unspecified atom stereocenters. The largest absolute Gasteiger partial charge is 0.490 e. The number of ether oxygens (including phenoxy) is 2. The predicted molar refractivity (Wildman–Crippen MR) is 120 cm³/mol. The molecule has 1 aliphatic heterocycles. The molecule has 0 spiro atoms. The van der Waals surface area contributed by atoms with Crippen molar-refractivity contribution in [3.8, 4) is 11.5 Å². The fraction of sp³-hybridized carbons (Fsp3) is 0.455. The van der Waals surface area contributed by atoms with E-state index in [1.165, 1.54) is 4.88 Å². The van der Waals surface area contributed by atoms with E-state index in [1.807, 2.05) is 18.2 Å². The van der Waals surface area contributed by atoms with Crippen LogP contribution in [0.4, 0.5) is 5.69 Å². The number of nitrogens with zero attached hydrogens (tertiary/aromatic N) is 1. The third-order valence-corrected chi connectivity index (χ3v) is 5.82. The van der Waals surface area contributed by atoms with Crippen molar-refractivity contribution in [3.63, 3.8) is 0 Å². The molecular formula is C22H28N4O3S. The third-order valence-electron chi connectivity index (χ3n) is 4.88. The second kappa shape index (κ2) is 10.3. The lowest BCUT2D eigenvalue weighted by molar-refractivity contribution is -0.122. The summed E-state index contributed by atoms with van der Waals surface area (Å²) in [5.41, 5.74) is 0.878. The van der Waals surface area contributed by atoms with E-state index in [0.29, 0.717) is 38.8 Å². The molecule has 4 rings (SSSR count). The van der Waals surface area contributed by atoms with Crippen molar-refractivity contribution in [2.45, 2.75) is 25.7 Å². The SMILES string of the molecule is O=C(NCCNC(=NCCc1cccs1)Nc1ccc2c(c1)OCCCO2)C1CC1. The summed E-state index contributed by atoms with van der Waals surface area (Å²) in [6.07, 6.45) is 3.80. The maximum absolute atomic E-state index is 11.8. The van der Waals surface area contributed by atoms with Gasteiger partial charge in [-0.05, 0) is 36.4 Å². The lowest BCUT2D eigenvalue weighted by Gasteiger charge is -2.15. The molecule has 2 aliphatic rings. The molecule has 8 heteroatoms. The molecule has 160 valence electrons. The molecule has 0 radical (unpaired) electrons. The fourth-order valence-electron chi connectivity index (χ4n) is 3.11. The number of rotatable bonds is 8. The zero-order valence-corrected chi connectivity index (χ0v) is 17.8. The number of hydrogen-bond acceptors (Lipinski definition) is 5. The van der Waals surface area contributed by atoms with Gasteiger partial charge in [-0.15, -0.1) is 11.3 Å². The molecule has 1 amide bonds. The van der Waals surface area contributed by atoms with E-state index in [2.05, 4.69) is 33.5 Å². The maximum Gasteiger partial charge on any atom is 0.223 e. The van der Waals surface area contributed by atoms with Gasteiger partial charge in [0, 0.05) is 55.0 Å². The molecule has 1 aromatic heterocycles. The van der Waals surface area contributed by atoms with Crippen molar-refractivity contribution in [3.05, 3.63) is 40.6 Å². The Morgan fingerprint density at radius 3 is 2.73 bits per heavy atom. The normalized spacial score (nSPS) is 15.9. The van der Waals surface area contributed by atoms with Gasteiger partial charge in [0.2, 0.25) is 5.91 Å². The van der Waals surface area contributed by atoms with Gasteiger partial charge in [0.1, 0.15) is 0 Å². The minimum atomic E-state index is 0.156. The fourth-order valence-corrected chi connectivity index (χ4v) is 3.80. The molecule has 0 bridgehead atoms. The summed E-state index contributed by atoms with van der Waals surface area (Å²) in [6.45, 7) is 3.17. The number of guanidine groups is 1. The number of fused-ring (bicyclic) bond motifs is 1. The van der Waals surface area contributed by atoms with Crippen molar-refractivity contribution in [1.82, 2.24) is 10.6 Å². The first-order chi connectivity index (χ1) is 14.8. The van der Waals surface area contributed by atoms with E-state index < -0.39 is 0 Å². The van der Waals surface area contributed by atoms with Crippen LogP contribution in [0.1, 0.15) is 24.1 Å². The number of thiophene rings is 1. The maximum atomic E-state index is 11.8. The summed E-state index contributed by atoms with van der Waals surface area (Å²) in [5.74, 6) is 2.58. The minimum Gasteiger partial charge on any atom is -0.490 e. The Kier molecular flexibility index (Phi) is 7.07. The number of aliphatic imine (C=N–C) groups is 1. The van der Waals surface area contributed by atoms with E-state index >= 15 is 0 Å². The van der Waals surface area contributed by atoms with Crippen LogP contribution in [0, 0.1) is 5.92 Å². The zero-order valence-electron chi connectivity index (χ0n) is 17.0. The molecule has 1 aromatic carbocycles. The molecule has 1 fully saturated rings. The summed E-state index contributed by atoms with van der Waals surface area (Å²) < 4.78 is 11.5. The number of amides is 1. The van der Waals surface area contributed by atoms with Gasteiger partial charge >= 0.3 is 0 Å². The van der Waals surface area contributed by atoms with Gasteiger partial charge in [0.15, 0.2) is 17.5 Å². The van der Waals surface area contributed by atoms with Crippen LogP contribution in [-0.4, -0.2) is 44.7 Å². The first-order valence-corrected chi connectivity index (χ1v) is 11.4. The van der Waals surface area contributed by atoms with Crippen molar-refractivity contribution < 1.29 is 14.3 Å². The molecule has 0 saturated heterocycles. The van der Waals surface area contributed by atoms with Crippen LogP contribution in [0.5, 0.6) is 11.5 Å². The van der Waals surface area contributed by atoms with Crippen molar-refractivity contribution in [1.29, 1.82) is 0 Å². The molecular weight excluding hydrogens is 400 g/mol. The van der Waals surface area contributed by atoms with Crippen molar-refractivity contribution >= 4 is 28.9 Å². The van der Waals surface area contributed by atoms with E-state index in [1.54, 1.807) is 11.3 Å². The Hall–Kier alpha value is -2.74. The number of hydrogen-bond donors (Lipinski definition) is 3. The molecule has 2 aromatic rings. The van der Waals surface area contributed by atoms with Crippen LogP contribution in [0.25, 0.3) is 0 Å². The van der Waals surface area contributed by atoms with E-state index in [0.717, 1.165) is 42.9 Å². The standard InChI is InChI=1S/C22H28N4O3S/c27-21(16-4-5-16)23-10-11-25-22(24-9-8-18-3-1-14-30-18)26-17-6-7-19-20(15-17)29-13-2-12-28-19/h1,3,6-7,14-16H,2,4-5,8-13H2,(H,23,27)(H2,24,25,26). The highest BCUT2D eigenvalue weighted by Crippen LogP contribution is 2.32. The Morgan fingerprint density at radius 2 is 1.93 bits per heavy atom. The summed E-state index contributed by atoms with van der Waals surface area (Å²) in [6, 6.07) is 9.99. The molecule has 1 aliphatic carbocycles. The Morgan fingerprint density at radius 1 is 1.10 bits per heavy atom. The highest BCUT2D eigenvalue weighted by Gasteiger charge is 2.28. The third kappa shape index (κ3) is 6.13. The molecule has 1 saturated carbocycles. The smallest absolute Gasteiger partial charge is 0.223 e. The highest BCUT2D eigenvalue weighted by atomic mass is 32.1. The summed E-state index contributed by atoms with van der Waals surface area (Å²) >= 11 is 1.74. The average Bonchev–Trinajstić information content (AvgIpc) is 3.52. The van der Waals surface area contributed by atoms with Gasteiger partial charge < -0.3 is 25.4 Å². The number of anilines is 1. The Balaban J connectivity index is 1.35. The van der Waals surface area contributed by atoms with Gasteiger partial charge in [0.05, 0.1) is 13.2 Å². The topological polar surface area (TPSA) is 84.0 Å². The summed E-state index contributed by atoms with van der Waals surface area (Å²) in [4.78, 5) is 17.8. The van der Waals surface area contributed by atoms with E-state index in [4.69, 9.17) is 14.5 Å². The summed E-state index contributed by atoms with van der Waals surface area (Å²) in [7, 11) is 0. The average molecular weight is 429 g/mol. The predicted octanol–water partition coefficient (Wildman–Crippen LogP) is 3.04. The van der Waals surface area contributed by atoms with Crippen LogP contribution in [-0.2, 0) is 11.2 Å². The van der Waals surface area contributed by atoms with E-state index in [-0.39, 0.29) is 11.8 Å². The van der Waals surface area contributed by atoms with Gasteiger partial charge in [0.25, 0.3) is 0 Å². The first kappa shape index (κ1) is 20.5. The Bertz CT molecular complexity index is 865. The molecule has 0 atom stereocenters. The zero-order chi connectivity index (χ0) is 20.6. The second-order valence-corrected chi connectivity index (χ2v) is 8.42. The molecule has 3 N–H and O–H groups in total. The van der Waals surface area contributed by atoms with Gasteiger partial charge in [-0.25, -0.2) is 0 Å². The Labute approximate surface area is 180 Å². The molecule has 2 heterocycles.